The summed E-state index contributed by atoms with van der Waals surface area (Å²) in [7, 11) is 0. The molecule has 0 unspecified atom stereocenters. The third kappa shape index (κ3) is 4.44. The molecule has 118 valence electrons. The minimum absolute atomic E-state index is 0.307. The van der Waals surface area contributed by atoms with E-state index in [1.54, 1.807) is 6.92 Å². The quantitative estimate of drug-likeness (QED) is 0.571. The summed E-state index contributed by atoms with van der Waals surface area (Å²) in [5.74, 6) is -1.65. The lowest BCUT2D eigenvalue weighted by Crippen LogP contribution is -2.54. The Bertz CT molecular complexity index is 451. The van der Waals surface area contributed by atoms with Gasteiger partial charge in [-0.3, -0.25) is 19.2 Å². The van der Waals surface area contributed by atoms with E-state index in [0.717, 1.165) is 0 Å². The van der Waals surface area contributed by atoms with Crippen LogP contribution < -0.4 is 16.4 Å². The average Bonchev–Trinajstić information content (AvgIpc) is 2.85. The predicted octanol–water partition coefficient (Wildman–Crippen LogP) is -1.51. The first-order valence-electron chi connectivity index (χ1n) is 6.91. The van der Waals surface area contributed by atoms with Crippen molar-refractivity contribution in [2.45, 2.75) is 51.7 Å². The number of rotatable bonds is 5. The molecule has 1 aliphatic heterocycles. The van der Waals surface area contributed by atoms with Crippen molar-refractivity contribution in [1.82, 2.24) is 15.5 Å². The second-order valence-corrected chi connectivity index (χ2v) is 5.24. The smallest absolute Gasteiger partial charge is 0.245 e. The van der Waals surface area contributed by atoms with Gasteiger partial charge in [0.25, 0.3) is 0 Å². The van der Waals surface area contributed by atoms with Crippen LogP contribution in [-0.4, -0.2) is 53.2 Å². The Hall–Kier alpha value is -2.12. The summed E-state index contributed by atoms with van der Waals surface area (Å²) in [5, 5.41) is 4.99. The van der Waals surface area contributed by atoms with Gasteiger partial charge in [0.05, 0.1) is 0 Å². The minimum atomic E-state index is -0.789. The van der Waals surface area contributed by atoms with Gasteiger partial charge in [-0.25, -0.2) is 0 Å². The van der Waals surface area contributed by atoms with Gasteiger partial charge >= 0.3 is 0 Å². The molecule has 0 spiro atoms. The number of likely N-dealkylation sites (tertiary alicyclic amines) is 1. The number of hydrogen-bond donors (Lipinski definition) is 3. The van der Waals surface area contributed by atoms with Gasteiger partial charge in [0, 0.05) is 13.5 Å². The van der Waals surface area contributed by atoms with E-state index < -0.39 is 29.9 Å². The zero-order valence-electron chi connectivity index (χ0n) is 12.5. The SMILES string of the molecule is CC(=O)N[C@@H](C)C(=O)N1CCC[C@H]1C(=O)N[C@@H](C)C(N)=O. The van der Waals surface area contributed by atoms with Gasteiger partial charge in [0.2, 0.25) is 23.6 Å². The number of primary amides is 1. The molecule has 21 heavy (non-hydrogen) atoms. The lowest BCUT2D eigenvalue weighted by atomic mass is 10.1. The van der Waals surface area contributed by atoms with E-state index in [0.29, 0.717) is 19.4 Å². The van der Waals surface area contributed by atoms with Crippen LogP contribution in [0, 0.1) is 0 Å². The van der Waals surface area contributed by atoms with E-state index in [-0.39, 0.29) is 11.8 Å². The van der Waals surface area contributed by atoms with Gasteiger partial charge in [-0.05, 0) is 26.7 Å². The molecule has 1 fully saturated rings. The van der Waals surface area contributed by atoms with Crippen LogP contribution in [0.4, 0.5) is 0 Å². The summed E-state index contributed by atoms with van der Waals surface area (Å²) >= 11 is 0. The van der Waals surface area contributed by atoms with Crippen molar-refractivity contribution in [2.75, 3.05) is 6.54 Å². The highest BCUT2D eigenvalue weighted by Crippen LogP contribution is 2.18. The number of carbonyl (C=O) groups excluding carboxylic acids is 4. The first kappa shape index (κ1) is 16.9. The van der Waals surface area contributed by atoms with Crippen LogP contribution >= 0.6 is 0 Å². The van der Waals surface area contributed by atoms with Gasteiger partial charge in [-0.15, -0.1) is 0 Å². The number of nitrogens with zero attached hydrogens (tertiary/aromatic N) is 1. The number of nitrogens with two attached hydrogens (primary N) is 1. The van der Waals surface area contributed by atoms with E-state index in [4.69, 9.17) is 5.73 Å². The molecule has 8 heteroatoms. The van der Waals surface area contributed by atoms with E-state index in [2.05, 4.69) is 10.6 Å². The number of nitrogens with one attached hydrogen (secondary N) is 2. The molecule has 0 radical (unpaired) electrons. The van der Waals surface area contributed by atoms with Crippen molar-refractivity contribution in [3.05, 3.63) is 0 Å². The first-order valence-corrected chi connectivity index (χ1v) is 6.91. The Kier molecular flexibility index (Phi) is 5.69. The Morgan fingerprint density at radius 1 is 1.14 bits per heavy atom. The molecule has 1 rings (SSSR count). The molecule has 8 nitrogen and oxygen atoms in total. The monoisotopic (exact) mass is 298 g/mol. The Balaban J connectivity index is 2.70. The lowest BCUT2D eigenvalue weighted by molar-refractivity contribution is -0.141. The van der Waals surface area contributed by atoms with E-state index >= 15 is 0 Å². The fourth-order valence-corrected chi connectivity index (χ4v) is 2.30. The number of carbonyl (C=O) groups is 4. The molecular formula is C13H22N4O4. The molecule has 0 aromatic carbocycles. The fraction of sp³-hybridized carbons (Fsp3) is 0.692. The molecule has 3 atom stereocenters. The average molecular weight is 298 g/mol. The molecule has 1 aliphatic rings. The topological polar surface area (TPSA) is 122 Å². The summed E-state index contributed by atoms with van der Waals surface area (Å²) in [4.78, 5) is 47.8. The van der Waals surface area contributed by atoms with Crippen molar-refractivity contribution in [2.24, 2.45) is 5.73 Å². The van der Waals surface area contributed by atoms with Gasteiger partial charge in [-0.2, -0.15) is 0 Å². The van der Waals surface area contributed by atoms with Crippen molar-refractivity contribution >= 4 is 23.6 Å². The molecular weight excluding hydrogens is 276 g/mol. The largest absolute Gasteiger partial charge is 0.368 e. The molecule has 0 aromatic rings. The normalized spacial score (nSPS) is 20.5. The Morgan fingerprint density at radius 3 is 2.29 bits per heavy atom. The van der Waals surface area contributed by atoms with Crippen molar-refractivity contribution < 1.29 is 19.2 Å². The summed E-state index contributed by atoms with van der Waals surface area (Å²) in [5.41, 5.74) is 5.10. The Labute approximate surface area is 123 Å². The van der Waals surface area contributed by atoms with Crippen molar-refractivity contribution in [3.8, 4) is 0 Å². The standard InChI is InChI=1S/C13H22N4O4/c1-7(11(14)19)16-12(20)10-5-4-6-17(10)13(21)8(2)15-9(3)18/h7-8,10H,4-6H2,1-3H3,(H2,14,19)(H,15,18)(H,16,20)/t7-,8-,10-/m0/s1. The fourth-order valence-electron chi connectivity index (χ4n) is 2.30. The summed E-state index contributed by atoms with van der Waals surface area (Å²) in [6, 6.07) is -2.11. The highest BCUT2D eigenvalue weighted by molar-refractivity contribution is 5.93. The van der Waals surface area contributed by atoms with Crippen LogP contribution in [-0.2, 0) is 19.2 Å². The second-order valence-electron chi connectivity index (χ2n) is 5.24. The molecule has 0 saturated carbocycles. The van der Waals surface area contributed by atoms with Gasteiger partial charge < -0.3 is 21.3 Å². The minimum Gasteiger partial charge on any atom is -0.368 e. The zero-order chi connectivity index (χ0) is 16.2. The van der Waals surface area contributed by atoms with E-state index in [1.165, 1.54) is 18.7 Å². The highest BCUT2D eigenvalue weighted by Gasteiger charge is 2.36. The molecule has 0 bridgehead atoms. The van der Waals surface area contributed by atoms with E-state index in [1.807, 2.05) is 0 Å². The molecule has 1 saturated heterocycles. The van der Waals surface area contributed by atoms with Crippen molar-refractivity contribution in [1.29, 1.82) is 0 Å². The van der Waals surface area contributed by atoms with Crippen LogP contribution in [0.15, 0.2) is 0 Å². The number of hydrogen-bond acceptors (Lipinski definition) is 4. The van der Waals surface area contributed by atoms with Crippen LogP contribution in [0.5, 0.6) is 0 Å². The summed E-state index contributed by atoms with van der Waals surface area (Å²) < 4.78 is 0. The third-order valence-corrected chi connectivity index (χ3v) is 3.41. The maximum Gasteiger partial charge on any atom is 0.245 e. The molecule has 4 N–H and O–H groups in total. The van der Waals surface area contributed by atoms with Gasteiger partial charge in [0.15, 0.2) is 0 Å². The van der Waals surface area contributed by atoms with Gasteiger partial charge in [-0.1, -0.05) is 0 Å². The van der Waals surface area contributed by atoms with Crippen LogP contribution in [0.1, 0.15) is 33.6 Å². The maximum absolute atomic E-state index is 12.3. The first-order chi connectivity index (χ1) is 9.73. The molecule has 1 heterocycles. The lowest BCUT2D eigenvalue weighted by Gasteiger charge is -2.27. The second kappa shape index (κ2) is 7.05. The van der Waals surface area contributed by atoms with Crippen molar-refractivity contribution in [3.63, 3.8) is 0 Å². The molecule has 0 aromatic heterocycles. The number of amides is 4. The zero-order valence-corrected chi connectivity index (χ0v) is 12.5. The summed E-state index contributed by atoms with van der Waals surface area (Å²) in [6.07, 6.45) is 1.22. The van der Waals surface area contributed by atoms with Crippen LogP contribution in [0.3, 0.4) is 0 Å². The third-order valence-electron chi connectivity index (χ3n) is 3.41. The van der Waals surface area contributed by atoms with Crippen LogP contribution in [0.25, 0.3) is 0 Å². The Morgan fingerprint density at radius 2 is 1.76 bits per heavy atom. The maximum atomic E-state index is 12.3. The van der Waals surface area contributed by atoms with Gasteiger partial charge in [0.1, 0.15) is 18.1 Å². The molecule has 4 amide bonds. The highest BCUT2D eigenvalue weighted by atomic mass is 16.2. The summed E-state index contributed by atoms with van der Waals surface area (Å²) in [6.45, 7) is 4.84. The predicted molar refractivity (Wildman–Crippen MR) is 74.8 cm³/mol. The molecule has 0 aliphatic carbocycles. The van der Waals surface area contributed by atoms with E-state index in [9.17, 15) is 19.2 Å². The van der Waals surface area contributed by atoms with Crippen LogP contribution in [0.2, 0.25) is 0 Å².